The van der Waals surface area contributed by atoms with E-state index in [1.54, 1.807) is 6.92 Å². The van der Waals surface area contributed by atoms with E-state index in [1.165, 1.54) is 11.8 Å². The van der Waals surface area contributed by atoms with Crippen molar-refractivity contribution in [2.45, 2.75) is 25.3 Å². The van der Waals surface area contributed by atoms with E-state index in [9.17, 15) is 4.79 Å². The van der Waals surface area contributed by atoms with E-state index in [1.807, 2.05) is 18.2 Å². The first kappa shape index (κ1) is 12.7. The summed E-state index contributed by atoms with van der Waals surface area (Å²) in [6.45, 7) is 2.08. The van der Waals surface area contributed by atoms with Gasteiger partial charge in [0.15, 0.2) is 5.69 Å². The molecule has 1 heterocycles. The molecule has 0 saturated heterocycles. The first-order valence-corrected chi connectivity index (χ1v) is 6.72. The van der Waals surface area contributed by atoms with Gasteiger partial charge in [0.1, 0.15) is 6.26 Å². The molecular weight excluding hydrogens is 256 g/mol. The van der Waals surface area contributed by atoms with Crippen LogP contribution in [0.3, 0.4) is 0 Å². The Kier molecular flexibility index (Phi) is 3.41. The van der Waals surface area contributed by atoms with E-state index < -0.39 is 5.97 Å². The topological polar surface area (TPSA) is 64.4 Å². The van der Waals surface area contributed by atoms with Crippen LogP contribution in [0.4, 0.5) is 6.01 Å². The number of ether oxygens (including phenoxy) is 1. The van der Waals surface area contributed by atoms with Crippen LogP contribution in [-0.2, 0) is 4.74 Å². The number of rotatable bonds is 5. The van der Waals surface area contributed by atoms with Crippen molar-refractivity contribution in [3.8, 4) is 0 Å². The fraction of sp³-hybridized carbons (Fsp3) is 0.333. The molecule has 20 heavy (non-hydrogen) atoms. The van der Waals surface area contributed by atoms with Gasteiger partial charge in [-0.25, -0.2) is 4.79 Å². The average Bonchev–Trinajstić information content (AvgIpc) is 3.07. The fourth-order valence-electron chi connectivity index (χ4n) is 2.22. The molecule has 0 bridgehead atoms. The predicted octanol–water partition coefficient (Wildman–Crippen LogP) is 2.82. The van der Waals surface area contributed by atoms with Crippen molar-refractivity contribution in [2.24, 2.45) is 0 Å². The van der Waals surface area contributed by atoms with Gasteiger partial charge in [-0.1, -0.05) is 30.3 Å². The van der Waals surface area contributed by atoms with Gasteiger partial charge in [0.2, 0.25) is 0 Å². The minimum absolute atomic E-state index is 0.200. The molecule has 5 heteroatoms. The van der Waals surface area contributed by atoms with Crippen molar-refractivity contribution in [1.82, 2.24) is 4.98 Å². The SMILES string of the molecule is CCOC(=O)c1coc(NC2CC2c2ccccc2)n1. The van der Waals surface area contributed by atoms with Gasteiger partial charge in [0.05, 0.1) is 6.61 Å². The Hall–Kier alpha value is -2.30. The summed E-state index contributed by atoms with van der Waals surface area (Å²) < 4.78 is 10.1. The average molecular weight is 272 g/mol. The van der Waals surface area contributed by atoms with Crippen LogP contribution in [0.2, 0.25) is 0 Å². The Balaban J connectivity index is 1.59. The van der Waals surface area contributed by atoms with Gasteiger partial charge in [0.25, 0.3) is 6.01 Å². The lowest BCUT2D eigenvalue weighted by molar-refractivity contribution is 0.0519. The van der Waals surface area contributed by atoms with Crippen LogP contribution in [0.25, 0.3) is 0 Å². The number of esters is 1. The van der Waals surface area contributed by atoms with Gasteiger partial charge in [-0.3, -0.25) is 0 Å². The molecule has 2 aromatic rings. The number of hydrogen-bond donors (Lipinski definition) is 1. The molecule has 1 fully saturated rings. The molecular formula is C15H16N2O3. The highest BCUT2D eigenvalue weighted by Gasteiger charge is 2.39. The minimum Gasteiger partial charge on any atom is -0.461 e. The number of anilines is 1. The van der Waals surface area contributed by atoms with E-state index in [4.69, 9.17) is 9.15 Å². The second kappa shape index (κ2) is 5.36. The largest absolute Gasteiger partial charge is 0.461 e. The van der Waals surface area contributed by atoms with E-state index in [0.29, 0.717) is 24.6 Å². The molecule has 1 aliphatic rings. The normalized spacial score (nSPS) is 20.4. The summed E-state index contributed by atoms with van der Waals surface area (Å²) in [6.07, 6.45) is 2.36. The van der Waals surface area contributed by atoms with Crippen molar-refractivity contribution in [3.63, 3.8) is 0 Å². The molecule has 0 radical (unpaired) electrons. The smallest absolute Gasteiger partial charge is 0.360 e. The van der Waals surface area contributed by atoms with Crippen LogP contribution in [0.5, 0.6) is 0 Å². The van der Waals surface area contributed by atoms with Crippen LogP contribution in [0.1, 0.15) is 35.3 Å². The van der Waals surface area contributed by atoms with Crippen molar-refractivity contribution < 1.29 is 13.9 Å². The van der Waals surface area contributed by atoms with Gasteiger partial charge in [-0.05, 0) is 18.9 Å². The highest BCUT2D eigenvalue weighted by atomic mass is 16.5. The molecule has 104 valence electrons. The van der Waals surface area contributed by atoms with Gasteiger partial charge in [-0.2, -0.15) is 4.98 Å². The molecule has 3 rings (SSSR count). The highest BCUT2D eigenvalue weighted by Crippen LogP contribution is 2.42. The van der Waals surface area contributed by atoms with Crippen LogP contribution in [-0.4, -0.2) is 23.6 Å². The Morgan fingerprint density at radius 2 is 2.25 bits per heavy atom. The molecule has 1 aliphatic carbocycles. The summed E-state index contributed by atoms with van der Waals surface area (Å²) in [5.41, 5.74) is 1.51. The monoisotopic (exact) mass is 272 g/mol. The molecule has 1 aromatic carbocycles. The molecule has 2 atom stereocenters. The number of oxazole rings is 1. The maximum absolute atomic E-state index is 11.5. The van der Waals surface area contributed by atoms with Crippen LogP contribution < -0.4 is 5.32 Å². The maximum Gasteiger partial charge on any atom is 0.360 e. The van der Waals surface area contributed by atoms with Crippen molar-refractivity contribution in [3.05, 3.63) is 47.9 Å². The second-order valence-corrected chi connectivity index (χ2v) is 4.76. The van der Waals surface area contributed by atoms with Crippen molar-refractivity contribution in [2.75, 3.05) is 11.9 Å². The molecule has 5 nitrogen and oxygen atoms in total. The lowest BCUT2D eigenvalue weighted by atomic mass is 10.1. The molecule has 1 N–H and O–H groups in total. The number of nitrogens with one attached hydrogen (secondary N) is 1. The Morgan fingerprint density at radius 1 is 1.45 bits per heavy atom. The fourth-order valence-corrected chi connectivity index (χ4v) is 2.22. The molecule has 1 saturated carbocycles. The number of benzene rings is 1. The summed E-state index contributed by atoms with van der Waals surface area (Å²) in [4.78, 5) is 15.6. The second-order valence-electron chi connectivity index (χ2n) is 4.76. The standard InChI is InChI=1S/C15H16N2O3/c1-2-19-14(18)13-9-20-15(17-13)16-12-8-11(12)10-6-4-3-5-7-10/h3-7,9,11-12H,2,8H2,1H3,(H,16,17). The summed E-state index contributed by atoms with van der Waals surface area (Å²) in [5.74, 6) is 0.0221. The molecule has 0 amide bonds. The van der Waals surface area contributed by atoms with E-state index in [0.717, 1.165) is 6.42 Å². The van der Waals surface area contributed by atoms with Gasteiger partial charge < -0.3 is 14.5 Å². The van der Waals surface area contributed by atoms with Crippen LogP contribution in [0, 0.1) is 0 Å². The summed E-state index contributed by atoms with van der Waals surface area (Å²) in [7, 11) is 0. The van der Waals surface area contributed by atoms with Crippen molar-refractivity contribution in [1.29, 1.82) is 0 Å². The number of carbonyl (C=O) groups is 1. The number of hydrogen-bond acceptors (Lipinski definition) is 5. The molecule has 1 aromatic heterocycles. The molecule has 2 unspecified atom stereocenters. The first-order valence-electron chi connectivity index (χ1n) is 6.72. The third-order valence-electron chi connectivity index (χ3n) is 3.32. The van der Waals surface area contributed by atoms with Crippen molar-refractivity contribution >= 4 is 12.0 Å². The van der Waals surface area contributed by atoms with E-state index in [-0.39, 0.29) is 5.69 Å². The van der Waals surface area contributed by atoms with E-state index >= 15 is 0 Å². The zero-order valence-electron chi connectivity index (χ0n) is 11.2. The van der Waals surface area contributed by atoms with E-state index in [2.05, 4.69) is 22.4 Å². The first-order chi connectivity index (χ1) is 9.78. The summed E-state index contributed by atoms with van der Waals surface area (Å²) >= 11 is 0. The summed E-state index contributed by atoms with van der Waals surface area (Å²) in [6, 6.07) is 11.0. The Morgan fingerprint density at radius 3 is 3.00 bits per heavy atom. The Bertz CT molecular complexity index is 594. The number of carbonyl (C=O) groups excluding carboxylic acids is 1. The molecule has 0 aliphatic heterocycles. The minimum atomic E-state index is -0.459. The third-order valence-corrected chi connectivity index (χ3v) is 3.32. The third kappa shape index (κ3) is 2.66. The zero-order chi connectivity index (χ0) is 13.9. The van der Waals surface area contributed by atoms with Gasteiger partial charge >= 0.3 is 5.97 Å². The van der Waals surface area contributed by atoms with Gasteiger partial charge in [0, 0.05) is 12.0 Å². The summed E-state index contributed by atoms with van der Waals surface area (Å²) in [5, 5.41) is 3.20. The zero-order valence-corrected chi connectivity index (χ0v) is 11.2. The Labute approximate surface area is 117 Å². The maximum atomic E-state index is 11.5. The molecule has 0 spiro atoms. The lowest BCUT2D eigenvalue weighted by Crippen LogP contribution is -2.07. The van der Waals surface area contributed by atoms with Gasteiger partial charge in [-0.15, -0.1) is 0 Å². The quantitative estimate of drug-likeness (QED) is 0.848. The highest BCUT2D eigenvalue weighted by molar-refractivity contribution is 5.87. The predicted molar refractivity (Wildman–Crippen MR) is 73.7 cm³/mol. The lowest BCUT2D eigenvalue weighted by Gasteiger charge is -2.01. The van der Waals surface area contributed by atoms with Crippen LogP contribution in [0.15, 0.2) is 41.0 Å². The number of aromatic nitrogens is 1. The number of nitrogens with zero attached hydrogens (tertiary/aromatic N) is 1. The van der Waals surface area contributed by atoms with Crippen LogP contribution >= 0.6 is 0 Å².